The van der Waals surface area contributed by atoms with Crippen molar-refractivity contribution in [3.63, 3.8) is 0 Å². The Labute approximate surface area is 192 Å². The number of hydrogen-bond acceptors (Lipinski definition) is 6. The lowest BCUT2D eigenvalue weighted by Gasteiger charge is -2.45. The predicted octanol–water partition coefficient (Wildman–Crippen LogP) is 2.59. The Hall–Kier alpha value is -2.64. The van der Waals surface area contributed by atoms with Crippen LogP contribution in [0, 0.1) is 0 Å². The highest BCUT2D eigenvalue weighted by Gasteiger charge is 2.39. The van der Waals surface area contributed by atoms with Crippen molar-refractivity contribution in [2.45, 2.75) is 51.3 Å². The topological polar surface area (TPSA) is 85.8 Å². The molecule has 1 fully saturated rings. The molecule has 0 saturated carbocycles. The number of ether oxygens (including phenoxy) is 1. The van der Waals surface area contributed by atoms with Gasteiger partial charge in [0.15, 0.2) is 0 Å². The first kappa shape index (κ1) is 22.6. The minimum atomic E-state index is -1.30. The highest BCUT2D eigenvalue weighted by molar-refractivity contribution is 6.30. The third-order valence-corrected chi connectivity index (χ3v) is 6.16. The molecule has 170 valence electrons. The number of carbonyl (C=O) groups excluding carboxylic acids is 2. The zero-order valence-electron chi connectivity index (χ0n) is 18.5. The van der Waals surface area contributed by atoms with Crippen LogP contribution in [0.25, 0.3) is 0 Å². The standard InChI is InChI=1S/C24H28ClN3O4/c1-24(2,3)32-23(31)28-12-11-27(14-19(28)22(29)30)21-18-9-8-17(25)13-16(18)7-6-15-5-4-10-26-20(15)21/h4-5,8-10,13,19,21H,6-7,11-12,14H2,1-3H3,(H,29,30)/p-1. The smallest absolute Gasteiger partial charge is 0.410 e. The number of hydrogen-bond donors (Lipinski definition) is 0. The minimum Gasteiger partial charge on any atom is -0.548 e. The molecule has 1 saturated heterocycles. The lowest BCUT2D eigenvalue weighted by Crippen LogP contribution is -2.62. The Morgan fingerprint density at radius 1 is 1.16 bits per heavy atom. The molecule has 1 aromatic heterocycles. The fourth-order valence-electron chi connectivity index (χ4n) is 4.53. The minimum absolute atomic E-state index is 0.115. The summed E-state index contributed by atoms with van der Waals surface area (Å²) in [5, 5.41) is 12.7. The number of benzene rings is 1. The first-order chi connectivity index (χ1) is 15.1. The van der Waals surface area contributed by atoms with Crippen molar-refractivity contribution in [2.24, 2.45) is 0 Å². The van der Waals surface area contributed by atoms with Crippen LogP contribution in [-0.2, 0) is 22.4 Å². The number of piperazine rings is 1. The summed E-state index contributed by atoms with van der Waals surface area (Å²) < 4.78 is 5.43. The number of nitrogens with zero attached hydrogens (tertiary/aromatic N) is 3. The van der Waals surface area contributed by atoms with Crippen LogP contribution >= 0.6 is 11.6 Å². The summed E-state index contributed by atoms with van der Waals surface area (Å²) in [6.45, 7) is 6.08. The average molecular weight is 457 g/mol. The van der Waals surface area contributed by atoms with Crippen LogP contribution in [0.3, 0.4) is 0 Å². The van der Waals surface area contributed by atoms with Crippen molar-refractivity contribution < 1.29 is 19.4 Å². The second-order valence-corrected chi connectivity index (χ2v) is 9.73. The molecule has 1 amide bonds. The Bertz CT molecular complexity index is 1040. The van der Waals surface area contributed by atoms with Crippen LogP contribution < -0.4 is 5.11 Å². The fourth-order valence-corrected chi connectivity index (χ4v) is 4.73. The summed E-state index contributed by atoms with van der Waals surface area (Å²) in [5.74, 6) is -1.30. The van der Waals surface area contributed by atoms with Gasteiger partial charge in [-0.3, -0.25) is 14.8 Å². The molecule has 1 aliphatic carbocycles. The number of amides is 1. The summed E-state index contributed by atoms with van der Waals surface area (Å²) in [6.07, 6.45) is 2.78. The number of rotatable bonds is 2. The molecule has 0 radical (unpaired) electrons. The molecule has 32 heavy (non-hydrogen) atoms. The molecule has 7 nitrogen and oxygen atoms in total. The van der Waals surface area contributed by atoms with E-state index in [0.29, 0.717) is 11.6 Å². The molecule has 1 aromatic carbocycles. The van der Waals surface area contributed by atoms with E-state index in [4.69, 9.17) is 16.3 Å². The fraction of sp³-hybridized carbons (Fsp3) is 0.458. The first-order valence-corrected chi connectivity index (χ1v) is 11.2. The van der Waals surface area contributed by atoms with E-state index >= 15 is 0 Å². The number of aryl methyl sites for hydroxylation is 2. The van der Waals surface area contributed by atoms with Gasteiger partial charge in [0.25, 0.3) is 0 Å². The van der Waals surface area contributed by atoms with Crippen molar-refractivity contribution in [1.29, 1.82) is 0 Å². The molecule has 0 bridgehead atoms. The van der Waals surface area contributed by atoms with Gasteiger partial charge in [0, 0.05) is 30.9 Å². The lowest BCUT2D eigenvalue weighted by atomic mass is 9.95. The van der Waals surface area contributed by atoms with Gasteiger partial charge in [0.05, 0.1) is 23.7 Å². The van der Waals surface area contributed by atoms with Crippen LogP contribution in [0.5, 0.6) is 0 Å². The van der Waals surface area contributed by atoms with Gasteiger partial charge >= 0.3 is 6.09 Å². The van der Waals surface area contributed by atoms with Crippen molar-refractivity contribution in [3.05, 3.63) is 63.9 Å². The van der Waals surface area contributed by atoms with Gasteiger partial charge in [0.2, 0.25) is 0 Å². The van der Waals surface area contributed by atoms with Crippen molar-refractivity contribution in [2.75, 3.05) is 19.6 Å². The van der Waals surface area contributed by atoms with Crippen LogP contribution in [0.2, 0.25) is 5.02 Å². The van der Waals surface area contributed by atoms with Crippen LogP contribution in [-0.4, -0.2) is 58.1 Å². The number of aliphatic carboxylic acids is 1. The van der Waals surface area contributed by atoms with Crippen LogP contribution in [0.15, 0.2) is 36.5 Å². The van der Waals surface area contributed by atoms with Gasteiger partial charge in [-0.1, -0.05) is 23.7 Å². The monoisotopic (exact) mass is 456 g/mol. The number of pyridine rings is 1. The molecule has 2 aromatic rings. The van der Waals surface area contributed by atoms with Crippen molar-refractivity contribution in [1.82, 2.24) is 14.8 Å². The normalized spacial score (nSPS) is 21.3. The summed E-state index contributed by atoms with van der Waals surface area (Å²) in [6, 6.07) is 8.46. The summed E-state index contributed by atoms with van der Waals surface area (Å²) >= 11 is 6.27. The molecule has 2 heterocycles. The summed E-state index contributed by atoms with van der Waals surface area (Å²) in [4.78, 5) is 32.7. The molecular formula is C24H27ClN3O4-. The Kier molecular flexibility index (Phi) is 6.14. The third kappa shape index (κ3) is 4.59. The van der Waals surface area contributed by atoms with E-state index in [1.807, 2.05) is 24.3 Å². The maximum atomic E-state index is 12.7. The largest absolute Gasteiger partial charge is 0.548 e. The second-order valence-electron chi connectivity index (χ2n) is 9.30. The molecule has 2 atom stereocenters. The quantitative estimate of drug-likeness (QED) is 0.690. The van der Waals surface area contributed by atoms with Gasteiger partial charge in [0.1, 0.15) is 5.60 Å². The Morgan fingerprint density at radius 2 is 1.91 bits per heavy atom. The number of fused-ring (bicyclic) bond motifs is 2. The van der Waals surface area contributed by atoms with E-state index in [0.717, 1.165) is 35.2 Å². The zero-order chi connectivity index (χ0) is 23.0. The Morgan fingerprint density at radius 3 is 2.62 bits per heavy atom. The third-order valence-electron chi connectivity index (χ3n) is 5.93. The number of carbonyl (C=O) groups is 2. The molecule has 2 aliphatic rings. The van der Waals surface area contributed by atoms with Crippen molar-refractivity contribution >= 4 is 23.7 Å². The second kappa shape index (κ2) is 8.71. The number of halogens is 1. The predicted molar refractivity (Wildman–Crippen MR) is 118 cm³/mol. The average Bonchev–Trinajstić information content (AvgIpc) is 2.88. The van der Waals surface area contributed by atoms with Gasteiger partial charge in [-0.15, -0.1) is 0 Å². The van der Waals surface area contributed by atoms with E-state index in [1.54, 1.807) is 27.0 Å². The van der Waals surface area contributed by atoms with Crippen LogP contribution in [0.4, 0.5) is 4.79 Å². The molecule has 0 spiro atoms. The number of aromatic nitrogens is 1. The Balaban J connectivity index is 1.70. The maximum Gasteiger partial charge on any atom is 0.410 e. The highest BCUT2D eigenvalue weighted by Crippen LogP contribution is 2.37. The molecule has 4 rings (SSSR count). The van der Waals surface area contributed by atoms with E-state index in [9.17, 15) is 14.7 Å². The first-order valence-electron chi connectivity index (χ1n) is 10.8. The van der Waals surface area contributed by atoms with E-state index in [-0.39, 0.29) is 19.1 Å². The van der Waals surface area contributed by atoms with E-state index in [1.165, 1.54) is 4.90 Å². The maximum absolute atomic E-state index is 12.7. The van der Waals surface area contributed by atoms with E-state index < -0.39 is 23.7 Å². The molecule has 1 aliphatic heterocycles. The molecule has 2 unspecified atom stereocenters. The van der Waals surface area contributed by atoms with Gasteiger partial charge in [-0.25, -0.2) is 4.79 Å². The molecule has 8 heteroatoms. The van der Waals surface area contributed by atoms with Gasteiger partial charge in [-0.05, 0) is 68.5 Å². The van der Waals surface area contributed by atoms with Crippen LogP contribution in [0.1, 0.15) is 49.2 Å². The summed E-state index contributed by atoms with van der Waals surface area (Å²) in [7, 11) is 0. The number of carboxylic acid groups (broad SMARTS) is 1. The SMILES string of the molecule is CC(C)(C)OC(=O)N1CCN(C2c3ccc(Cl)cc3CCc3cccnc32)CC1C(=O)[O-]. The summed E-state index contributed by atoms with van der Waals surface area (Å²) in [5.41, 5.74) is 3.52. The zero-order valence-corrected chi connectivity index (χ0v) is 19.3. The van der Waals surface area contributed by atoms with E-state index in [2.05, 4.69) is 16.0 Å². The number of carboxylic acids is 1. The molecular weight excluding hydrogens is 430 g/mol. The van der Waals surface area contributed by atoms with Crippen molar-refractivity contribution in [3.8, 4) is 0 Å². The lowest BCUT2D eigenvalue weighted by molar-refractivity contribution is -0.312. The van der Waals surface area contributed by atoms with Gasteiger partial charge in [-0.2, -0.15) is 0 Å². The van der Waals surface area contributed by atoms with Gasteiger partial charge < -0.3 is 14.6 Å². The highest BCUT2D eigenvalue weighted by atomic mass is 35.5. The molecule has 0 N–H and O–H groups in total.